The van der Waals surface area contributed by atoms with Gasteiger partial charge in [-0.3, -0.25) is 0 Å². The molecule has 21 heavy (non-hydrogen) atoms. The number of rotatable bonds is 3. The molecule has 0 unspecified atom stereocenters. The number of hydrogen-bond acceptors (Lipinski definition) is 4. The summed E-state index contributed by atoms with van der Waals surface area (Å²) in [5, 5.41) is 0.310. The maximum absolute atomic E-state index is 5.95. The van der Waals surface area contributed by atoms with E-state index in [1.165, 1.54) is 5.56 Å². The van der Waals surface area contributed by atoms with Gasteiger partial charge in [0.15, 0.2) is 5.82 Å². The van der Waals surface area contributed by atoms with Gasteiger partial charge in [-0.15, -0.1) is 0 Å². The van der Waals surface area contributed by atoms with Crippen molar-refractivity contribution in [2.24, 2.45) is 0 Å². The van der Waals surface area contributed by atoms with Crippen LogP contribution in [0.1, 0.15) is 11.3 Å². The van der Waals surface area contributed by atoms with Crippen LogP contribution in [0.4, 0.5) is 5.95 Å². The quantitative estimate of drug-likeness (QED) is 0.755. The van der Waals surface area contributed by atoms with Crippen molar-refractivity contribution in [2.45, 2.75) is 13.5 Å². The fraction of sp³-hybridized carbons (Fsp3) is 0.133. The molecular weight excluding hydrogens is 286 g/mol. The molecule has 3 rings (SSSR count). The number of nitrogens with zero attached hydrogens (tertiary/aromatic N) is 4. The maximum Gasteiger partial charge on any atom is 0.222 e. The molecule has 0 bridgehead atoms. The van der Waals surface area contributed by atoms with E-state index < -0.39 is 0 Å². The molecule has 2 heterocycles. The summed E-state index contributed by atoms with van der Waals surface area (Å²) >= 11 is 5.95. The van der Waals surface area contributed by atoms with E-state index in [-0.39, 0.29) is 5.95 Å². The second-order valence-electron chi connectivity index (χ2n) is 4.75. The molecule has 0 spiro atoms. The topological polar surface area (TPSA) is 69.6 Å². The van der Waals surface area contributed by atoms with E-state index >= 15 is 0 Å². The fourth-order valence-electron chi connectivity index (χ4n) is 2.20. The Morgan fingerprint density at radius 1 is 1.14 bits per heavy atom. The lowest BCUT2D eigenvalue weighted by atomic mass is 10.2. The molecule has 0 saturated heterocycles. The number of hydrogen-bond donors (Lipinski definition) is 1. The highest BCUT2D eigenvalue weighted by Crippen LogP contribution is 2.21. The van der Waals surface area contributed by atoms with E-state index in [0.29, 0.717) is 17.4 Å². The first kappa shape index (κ1) is 13.6. The Labute approximate surface area is 127 Å². The average Bonchev–Trinajstić information content (AvgIpc) is 2.80. The number of imidazole rings is 1. The summed E-state index contributed by atoms with van der Waals surface area (Å²) < 4.78 is 2.03. The molecule has 6 heteroatoms. The van der Waals surface area contributed by atoms with Crippen LogP contribution in [0.25, 0.3) is 11.5 Å². The summed E-state index contributed by atoms with van der Waals surface area (Å²) in [6, 6.07) is 11.8. The van der Waals surface area contributed by atoms with Crippen molar-refractivity contribution in [1.29, 1.82) is 0 Å². The Kier molecular flexibility index (Phi) is 3.58. The standard InChI is InChI=1S/C15H14ClN5/c1-10-8-21(9-11-5-3-2-4-6-11)14(18-10)12-7-13(16)20-15(17)19-12/h2-8H,9H2,1H3,(H2,17,19,20). The van der Waals surface area contributed by atoms with Crippen molar-refractivity contribution < 1.29 is 0 Å². The van der Waals surface area contributed by atoms with Crippen molar-refractivity contribution in [3.63, 3.8) is 0 Å². The van der Waals surface area contributed by atoms with Crippen LogP contribution in [0.3, 0.4) is 0 Å². The summed E-state index contributed by atoms with van der Waals surface area (Å²) in [5.74, 6) is 0.872. The van der Waals surface area contributed by atoms with Gasteiger partial charge < -0.3 is 10.3 Å². The third-order valence-corrected chi connectivity index (χ3v) is 3.23. The van der Waals surface area contributed by atoms with Gasteiger partial charge in [0.05, 0.1) is 5.69 Å². The number of nitrogens with two attached hydrogens (primary N) is 1. The molecule has 2 aromatic heterocycles. The molecule has 0 saturated carbocycles. The third-order valence-electron chi connectivity index (χ3n) is 3.03. The lowest BCUT2D eigenvalue weighted by Gasteiger charge is -2.08. The van der Waals surface area contributed by atoms with Crippen molar-refractivity contribution >= 4 is 17.5 Å². The Bertz CT molecular complexity index is 747. The first-order valence-corrected chi connectivity index (χ1v) is 6.88. The van der Waals surface area contributed by atoms with E-state index in [0.717, 1.165) is 11.5 Å². The van der Waals surface area contributed by atoms with Gasteiger partial charge in [0, 0.05) is 18.8 Å². The van der Waals surface area contributed by atoms with E-state index in [9.17, 15) is 0 Å². The van der Waals surface area contributed by atoms with Crippen molar-refractivity contribution in [3.8, 4) is 11.5 Å². The first-order chi connectivity index (χ1) is 10.1. The summed E-state index contributed by atoms with van der Waals surface area (Å²) in [7, 11) is 0. The number of benzene rings is 1. The lowest BCUT2D eigenvalue weighted by molar-refractivity contribution is 0.802. The molecule has 0 radical (unpaired) electrons. The lowest BCUT2D eigenvalue weighted by Crippen LogP contribution is -2.04. The highest BCUT2D eigenvalue weighted by atomic mass is 35.5. The molecule has 0 aliphatic heterocycles. The van der Waals surface area contributed by atoms with Crippen LogP contribution in [-0.2, 0) is 6.54 Å². The van der Waals surface area contributed by atoms with E-state index in [1.54, 1.807) is 6.07 Å². The number of aromatic nitrogens is 4. The van der Waals surface area contributed by atoms with Crippen LogP contribution in [0, 0.1) is 6.92 Å². The highest BCUT2D eigenvalue weighted by Gasteiger charge is 2.12. The highest BCUT2D eigenvalue weighted by molar-refractivity contribution is 6.29. The van der Waals surface area contributed by atoms with Crippen LogP contribution in [-0.4, -0.2) is 19.5 Å². The third kappa shape index (κ3) is 3.03. The SMILES string of the molecule is Cc1cn(Cc2ccccc2)c(-c2cc(Cl)nc(N)n2)n1. The minimum Gasteiger partial charge on any atom is -0.368 e. The zero-order valence-electron chi connectivity index (χ0n) is 11.5. The monoisotopic (exact) mass is 299 g/mol. The predicted octanol–water partition coefficient (Wildman–Crippen LogP) is 2.93. The molecule has 0 aliphatic rings. The van der Waals surface area contributed by atoms with Crippen molar-refractivity contribution in [2.75, 3.05) is 5.73 Å². The summed E-state index contributed by atoms with van der Waals surface area (Å²) in [6.45, 7) is 2.65. The molecule has 0 amide bonds. The molecule has 1 aromatic carbocycles. The van der Waals surface area contributed by atoms with Gasteiger partial charge in [-0.25, -0.2) is 15.0 Å². The summed E-state index contributed by atoms with van der Waals surface area (Å²) in [6.07, 6.45) is 1.98. The molecule has 0 fully saturated rings. The maximum atomic E-state index is 5.95. The van der Waals surface area contributed by atoms with Crippen molar-refractivity contribution in [1.82, 2.24) is 19.5 Å². The largest absolute Gasteiger partial charge is 0.368 e. The Balaban J connectivity index is 2.03. The van der Waals surface area contributed by atoms with Gasteiger partial charge >= 0.3 is 0 Å². The summed E-state index contributed by atoms with van der Waals surface area (Å²) in [5.41, 5.74) is 8.38. The summed E-state index contributed by atoms with van der Waals surface area (Å²) in [4.78, 5) is 12.6. The molecule has 0 atom stereocenters. The van der Waals surface area contributed by atoms with E-state index in [2.05, 4.69) is 27.1 Å². The average molecular weight is 300 g/mol. The number of nitrogen functional groups attached to an aromatic ring is 1. The van der Waals surface area contributed by atoms with Crippen LogP contribution in [0.5, 0.6) is 0 Å². The first-order valence-electron chi connectivity index (χ1n) is 6.50. The molecule has 3 aromatic rings. The minimum atomic E-state index is 0.143. The smallest absolute Gasteiger partial charge is 0.222 e. The van der Waals surface area contributed by atoms with Gasteiger partial charge in [0.25, 0.3) is 0 Å². The molecule has 106 valence electrons. The van der Waals surface area contributed by atoms with Gasteiger partial charge in [0.1, 0.15) is 10.8 Å². The van der Waals surface area contributed by atoms with Gasteiger partial charge in [-0.1, -0.05) is 41.9 Å². The zero-order valence-corrected chi connectivity index (χ0v) is 12.2. The van der Waals surface area contributed by atoms with Crippen LogP contribution in [0.2, 0.25) is 5.15 Å². The Morgan fingerprint density at radius 2 is 1.90 bits per heavy atom. The molecular formula is C15H14ClN5. The Morgan fingerprint density at radius 3 is 2.62 bits per heavy atom. The van der Waals surface area contributed by atoms with Gasteiger partial charge in [-0.05, 0) is 12.5 Å². The Hall–Kier alpha value is -2.40. The predicted molar refractivity (Wildman–Crippen MR) is 83.0 cm³/mol. The molecule has 5 nitrogen and oxygen atoms in total. The van der Waals surface area contributed by atoms with E-state index in [1.807, 2.05) is 35.9 Å². The van der Waals surface area contributed by atoms with Crippen LogP contribution < -0.4 is 5.73 Å². The minimum absolute atomic E-state index is 0.143. The van der Waals surface area contributed by atoms with Crippen molar-refractivity contribution in [3.05, 3.63) is 59.0 Å². The second-order valence-corrected chi connectivity index (χ2v) is 5.14. The second kappa shape index (κ2) is 5.54. The molecule has 2 N–H and O–H groups in total. The number of aryl methyl sites for hydroxylation is 1. The zero-order chi connectivity index (χ0) is 14.8. The molecule has 0 aliphatic carbocycles. The van der Waals surface area contributed by atoms with Gasteiger partial charge in [-0.2, -0.15) is 0 Å². The van der Waals surface area contributed by atoms with Crippen LogP contribution >= 0.6 is 11.6 Å². The van der Waals surface area contributed by atoms with Crippen LogP contribution in [0.15, 0.2) is 42.6 Å². The fourth-order valence-corrected chi connectivity index (χ4v) is 2.39. The van der Waals surface area contributed by atoms with E-state index in [4.69, 9.17) is 17.3 Å². The number of halogens is 1. The number of anilines is 1. The normalized spacial score (nSPS) is 10.8. The van der Waals surface area contributed by atoms with Gasteiger partial charge in [0.2, 0.25) is 5.95 Å².